The number of carbonyl (C=O) groups excluding carboxylic acids is 1. The summed E-state index contributed by atoms with van der Waals surface area (Å²) in [6.07, 6.45) is 7.29. The first-order valence-corrected chi connectivity index (χ1v) is 5.87. The minimum absolute atomic E-state index is 0.0126. The summed E-state index contributed by atoms with van der Waals surface area (Å²) in [7, 11) is 0. The van der Waals surface area contributed by atoms with Crippen LogP contribution in [0, 0.1) is 10.1 Å². The van der Waals surface area contributed by atoms with Gasteiger partial charge in [-0.05, 0) is 18.1 Å². The van der Waals surface area contributed by atoms with E-state index in [1.54, 1.807) is 18.2 Å². The Bertz CT molecular complexity index is 506. The average molecular weight is 261 g/mol. The number of nitrogens with zero attached hydrogens (tertiary/aromatic N) is 1. The second kappa shape index (κ2) is 7.81. The van der Waals surface area contributed by atoms with Crippen molar-refractivity contribution in [3.8, 4) is 0 Å². The van der Waals surface area contributed by atoms with Crippen LogP contribution in [0.4, 0.5) is 5.69 Å². The number of esters is 1. The highest BCUT2D eigenvalue weighted by atomic mass is 16.6. The molecule has 1 rings (SSSR count). The van der Waals surface area contributed by atoms with Gasteiger partial charge in [-0.2, -0.15) is 0 Å². The number of hydrogen-bond acceptors (Lipinski definition) is 4. The molecule has 0 saturated carbocycles. The lowest BCUT2D eigenvalue weighted by Crippen LogP contribution is -1.99. The van der Waals surface area contributed by atoms with E-state index in [0.717, 1.165) is 6.42 Å². The van der Waals surface area contributed by atoms with Gasteiger partial charge in [0.05, 0.1) is 4.92 Å². The maximum atomic E-state index is 11.3. The lowest BCUT2D eigenvalue weighted by Gasteiger charge is -1.97. The van der Waals surface area contributed by atoms with Gasteiger partial charge in [0.25, 0.3) is 5.69 Å². The number of hydrogen-bond donors (Lipinski definition) is 0. The van der Waals surface area contributed by atoms with Crippen LogP contribution in [-0.2, 0) is 9.53 Å². The Morgan fingerprint density at radius 2 is 2.21 bits per heavy atom. The number of carbonyl (C=O) groups is 1. The summed E-state index contributed by atoms with van der Waals surface area (Å²) in [5.41, 5.74) is 0.566. The predicted octanol–water partition coefficient (Wildman–Crippen LogP) is 3.12. The van der Waals surface area contributed by atoms with E-state index < -0.39 is 10.9 Å². The number of nitro benzene ring substituents is 1. The molecule has 0 aliphatic heterocycles. The van der Waals surface area contributed by atoms with Gasteiger partial charge in [-0.25, -0.2) is 4.79 Å². The summed E-state index contributed by atoms with van der Waals surface area (Å²) < 4.78 is 4.90. The summed E-state index contributed by atoms with van der Waals surface area (Å²) in [5, 5.41) is 10.6. The molecule has 0 atom stereocenters. The number of rotatable bonds is 6. The molecule has 5 nitrogen and oxygen atoms in total. The first-order chi connectivity index (χ1) is 9.13. The smallest absolute Gasteiger partial charge is 0.331 e. The van der Waals surface area contributed by atoms with Crippen LogP contribution in [0.3, 0.4) is 0 Å². The maximum Gasteiger partial charge on any atom is 0.331 e. The number of allylic oxidation sites excluding steroid dienone is 1. The van der Waals surface area contributed by atoms with Crippen molar-refractivity contribution in [2.45, 2.75) is 13.3 Å². The summed E-state index contributed by atoms with van der Waals surface area (Å²) >= 11 is 0. The lowest BCUT2D eigenvalue weighted by molar-refractivity contribution is -0.384. The molecule has 0 N–H and O–H groups in total. The Labute approximate surface area is 111 Å². The second-order valence-corrected chi connectivity index (χ2v) is 3.70. The normalized spacial score (nSPS) is 11.0. The zero-order chi connectivity index (χ0) is 14.1. The van der Waals surface area contributed by atoms with Gasteiger partial charge in [0.1, 0.15) is 6.61 Å². The van der Waals surface area contributed by atoms with E-state index in [4.69, 9.17) is 4.74 Å². The van der Waals surface area contributed by atoms with E-state index in [9.17, 15) is 14.9 Å². The van der Waals surface area contributed by atoms with Crippen molar-refractivity contribution in [2.75, 3.05) is 6.61 Å². The fourth-order valence-corrected chi connectivity index (χ4v) is 1.32. The molecular weight excluding hydrogens is 246 g/mol. The van der Waals surface area contributed by atoms with Crippen molar-refractivity contribution in [3.63, 3.8) is 0 Å². The third kappa shape index (κ3) is 5.63. The minimum atomic E-state index is -0.481. The van der Waals surface area contributed by atoms with Gasteiger partial charge < -0.3 is 4.74 Å². The summed E-state index contributed by atoms with van der Waals surface area (Å²) in [6.45, 7) is 2.21. The highest BCUT2D eigenvalue weighted by Crippen LogP contribution is 2.14. The van der Waals surface area contributed by atoms with Crippen molar-refractivity contribution >= 4 is 17.7 Å². The van der Waals surface area contributed by atoms with Gasteiger partial charge in [-0.3, -0.25) is 10.1 Å². The van der Waals surface area contributed by atoms with Crippen molar-refractivity contribution in [3.05, 3.63) is 58.2 Å². The van der Waals surface area contributed by atoms with Gasteiger partial charge in [0, 0.05) is 18.2 Å². The molecule has 1 aromatic rings. The number of non-ortho nitro benzene ring substituents is 1. The first-order valence-electron chi connectivity index (χ1n) is 5.87. The van der Waals surface area contributed by atoms with Crippen LogP contribution >= 0.6 is 0 Å². The quantitative estimate of drug-likeness (QED) is 0.259. The Morgan fingerprint density at radius 1 is 1.42 bits per heavy atom. The standard InChI is InChI=1S/C14H15NO4/c1-2-3-4-10-19-14(16)9-8-12-6-5-7-13(11-12)15(17)18/h3-9,11H,2,10H2,1H3/b4-3+,9-8+. The van der Waals surface area contributed by atoms with Crippen molar-refractivity contribution < 1.29 is 14.5 Å². The number of ether oxygens (including phenoxy) is 1. The van der Waals surface area contributed by atoms with Crippen LogP contribution in [0.2, 0.25) is 0 Å². The zero-order valence-electron chi connectivity index (χ0n) is 10.6. The second-order valence-electron chi connectivity index (χ2n) is 3.70. The Morgan fingerprint density at radius 3 is 2.89 bits per heavy atom. The number of nitro groups is 1. The van der Waals surface area contributed by atoms with E-state index in [1.807, 2.05) is 13.0 Å². The summed E-state index contributed by atoms with van der Waals surface area (Å²) in [4.78, 5) is 21.4. The summed E-state index contributed by atoms with van der Waals surface area (Å²) in [5.74, 6) is -0.479. The highest BCUT2D eigenvalue weighted by molar-refractivity contribution is 5.87. The average Bonchev–Trinajstić information content (AvgIpc) is 2.41. The van der Waals surface area contributed by atoms with Gasteiger partial charge in [-0.15, -0.1) is 0 Å². The third-order valence-electron chi connectivity index (χ3n) is 2.22. The van der Waals surface area contributed by atoms with E-state index in [2.05, 4.69) is 0 Å². The van der Waals surface area contributed by atoms with Gasteiger partial charge >= 0.3 is 5.97 Å². The minimum Gasteiger partial charge on any atom is -0.458 e. The molecule has 0 radical (unpaired) electrons. The molecule has 0 saturated heterocycles. The van der Waals surface area contributed by atoms with Crippen LogP contribution in [0.25, 0.3) is 6.08 Å². The fraction of sp³-hybridized carbons (Fsp3) is 0.214. The van der Waals surface area contributed by atoms with Crippen molar-refractivity contribution in [2.24, 2.45) is 0 Å². The topological polar surface area (TPSA) is 69.4 Å². The lowest BCUT2D eigenvalue weighted by atomic mass is 10.2. The van der Waals surface area contributed by atoms with Crippen LogP contribution in [0.5, 0.6) is 0 Å². The van der Waals surface area contributed by atoms with E-state index in [-0.39, 0.29) is 12.3 Å². The molecule has 0 fully saturated rings. The molecule has 0 aromatic heterocycles. The third-order valence-corrected chi connectivity index (χ3v) is 2.22. The largest absolute Gasteiger partial charge is 0.458 e. The van der Waals surface area contributed by atoms with Gasteiger partial charge in [-0.1, -0.05) is 31.2 Å². The molecule has 100 valence electrons. The maximum absolute atomic E-state index is 11.3. The molecule has 0 aliphatic carbocycles. The van der Waals surface area contributed by atoms with Crippen LogP contribution in [0.15, 0.2) is 42.5 Å². The molecule has 0 bridgehead atoms. The molecule has 19 heavy (non-hydrogen) atoms. The van der Waals surface area contributed by atoms with E-state index in [1.165, 1.54) is 24.3 Å². The number of benzene rings is 1. The molecular formula is C14H15NO4. The highest BCUT2D eigenvalue weighted by Gasteiger charge is 2.04. The van der Waals surface area contributed by atoms with E-state index in [0.29, 0.717) is 5.56 Å². The molecule has 0 unspecified atom stereocenters. The fourth-order valence-electron chi connectivity index (χ4n) is 1.32. The first kappa shape index (κ1) is 14.6. The van der Waals surface area contributed by atoms with E-state index >= 15 is 0 Å². The molecule has 0 amide bonds. The van der Waals surface area contributed by atoms with Crippen LogP contribution in [-0.4, -0.2) is 17.5 Å². The predicted molar refractivity (Wildman–Crippen MR) is 72.5 cm³/mol. The monoisotopic (exact) mass is 261 g/mol. The van der Waals surface area contributed by atoms with Crippen LogP contribution in [0.1, 0.15) is 18.9 Å². The SMILES string of the molecule is CC/C=C/COC(=O)/C=C/c1cccc([N+](=O)[O-])c1. The van der Waals surface area contributed by atoms with Gasteiger partial charge in [0.2, 0.25) is 0 Å². The molecule has 5 heteroatoms. The Kier molecular flexibility index (Phi) is 6.02. The zero-order valence-corrected chi connectivity index (χ0v) is 10.6. The Balaban J connectivity index is 2.56. The molecule has 0 aliphatic rings. The molecule has 1 aromatic carbocycles. The Hall–Kier alpha value is -2.43. The van der Waals surface area contributed by atoms with Crippen molar-refractivity contribution in [1.29, 1.82) is 0 Å². The summed E-state index contributed by atoms with van der Waals surface area (Å²) in [6, 6.07) is 6.02. The van der Waals surface area contributed by atoms with Crippen LogP contribution < -0.4 is 0 Å². The van der Waals surface area contributed by atoms with Gasteiger partial charge in [0.15, 0.2) is 0 Å². The molecule has 0 heterocycles. The molecule has 0 spiro atoms. The van der Waals surface area contributed by atoms with Crippen molar-refractivity contribution in [1.82, 2.24) is 0 Å².